The number of amides is 2. The van der Waals surface area contributed by atoms with Crippen LogP contribution in [-0.2, 0) is 19.8 Å². The number of likely N-dealkylation sites (tertiary alicyclic amines) is 1. The number of thioether (sulfide) groups is 1. The van der Waals surface area contributed by atoms with Gasteiger partial charge in [-0.15, -0.1) is 11.8 Å². The minimum Gasteiger partial charge on any atom is -0.481 e. The second kappa shape index (κ2) is 5.95. The molecule has 2 N–H and O–H groups in total. The second-order valence-corrected chi connectivity index (χ2v) is 10.8. The maximum atomic E-state index is 13.1. The number of carbonyl (C=O) groups is 3. The van der Waals surface area contributed by atoms with Crippen molar-refractivity contribution in [2.24, 2.45) is 29.6 Å². The van der Waals surface area contributed by atoms with Crippen molar-refractivity contribution >= 4 is 40.9 Å². The third-order valence-corrected chi connectivity index (χ3v) is 10.4. The topological polar surface area (TPSA) is 108 Å². The number of carboxylic acids is 1. The molecule has 2 bridgehead atoms. The molecule has 5 rings (SSSR count). The number of hydrogen-bond acceptors (Lipinski definition) is 6. The Bertz CT molecular complexity index is 954. The van der Waals surface area contributed by atoms with Gasteiger partial charge in [0.15, 0.2) is 0 Å². The molecule has 7 atom stereocenters. The van der Waals surface area contributed by atoms with Crippen molar-refractivity contribution in [3.05, 3.63) is 14.5 Å². The van der Waals surface area contributed by atoms with E-state index in [0.717, 1.165) is 22.7 Å². The van der Waals surface area contributed by atoms with E-state index in [2.05, 4.69) is 18.8 Å². The number of imide groups is 1. The number of carboxylic acid groups (broad SMARTS) is 1. The molecule has 0 radical (unpaired) electrons. The number of aromatic amines is 1. The molecule has 1 saturated heterocycles. The first-order valence-electron chi connectivity index (χ1n) is 9.75. The molecule has 3 heterocycles. The third-order valence-electron chi connectivity index (χ3n) is 7.60. The molecule has 0 spiro atoms. The number of nitrogens with zero attached hydrogens (tertiary/aromatic N) is 1. The van der Waals surface area contributed by atoms with Crippen LogP contribution in [0.2, 0.25) is 0 Å². The van der Waals surface area contributed by atoms with Gasteiger partial charge in [0.2, 0.25) is 11.8 Å². The summed E-state index contributed by atoms with van der Waals surface area (Å²) in [6.07, 6.45) is 1.54. The average molecular weight is 423 g/mol. The van der Waals surface area contributed by atoms with Gasteiger partial charge in [0.25, 0.3) is 0 Å². The van der Waals surface area contributed by atoms with E-state index in [0.29, 0.717) is 0 Å². The zero-order chi connectivity index (χ0) is 20.0. The Morgan fingerprint density at radius 3 is 2.57 bits per heavy atom. The van der Waals surface area contributed by atoms with E-state index in [9.17, 15) is 19.2 Å². The van der Waals surface area contributed by atoms with E-state index >= 15 is 0 Å². The van der Waals surface area contributed by atoms with Crippen LogP contribution in [0.4, 0.5) is 0 Å². The van der Waals surface area contributed by atoms with E-state index in [1.165, 1.54) is 16.2 Å². The van der Waals surface area contributed by atoms with Crippen LogP contribution in [0.1, 0.15) is 38.0 Å². The number of H-pyrrole nitrogens is 1. The summed E-state index contributed by atoms with van der Waals surface area (Å²) in [6, 6.07) is 0. The third kappa shape index (κ3) is 2.17. The highest BCUT2D eigenvalue weighted by Crippen LogP contribution is 2.69. The van der Waals surface area contributed by atoms with Crippen LogP contribution in [0, 0.1) is 29.6 Å². The molecular formula is C19H22N2O5S2. The molecule has 1 aromatic heterocycles. The molecule has 1 aromatic rings. The fourth-order valence-electron chi connectivity index (χ4n) is 6.38. The first-order chi connectivity index (χ1) is 13.3. The van der Waals surface area contributed by atoms with Gasteiger partial charge in [-0.3, -0.25) is 24.1 Å². The van der Waals surface area contributed by atoms with Gasteiger partial charge >= 0.3 is 10.8 Å². The summed E-state index contributed by atoms with van der Waals surface area (Å²) in [6.45, 7) is 4.30. The Balaban J connectivity index is 1.53. The lowest BCUT2D eigenvalue weighted by atomic mass is 9.62. The summed E-state index contributed by atoms with van der Waals surface area (Å²) in [7, 11) is 0. The summed E-state index contributed by atoms with van der Waals surface area (Å²) in [5, 5.41) is 10.1. The summed E-state index contributed by atoms with van der Waals surface area (Å²) in [4.78, 5) is 54.2. The first kappa shape index (κ1) is 18.4. The zero-order valence-electron chi connectivity index (χ0n) is 15.6. The largest absolute Gasteiger partial charge is 0.481 e. The van der Waals surface area contributed by atoms with Gasteiger partial charge in [0.1, 0.15) is 0 Å². The van der Waals surface area contributed by atoms with Gasteiger partial charge in [0, 0.05) is 22.1 Å². The van der Waals surface area contributed by atoms with E-state index in [1.807, 2.05) is 0 Å². The van der Waals surface area contributed by atoms with Crippen LogP contribution in [0.5, 0.6) is 0 Å². The summed E-state index contributed by atoms with van der Waals surface area (Å²) >= 11 is 2.96. The van der Waals surface area contributed by atoms with Gasteiger partial charge in [-0.2, -0.15) is 0 Å². The molecule has 9 heteroatoms. The highest BCUT2D eigenvalue weighted by molar-refractivity contribution is 8.00. The minimum atomic E-state index is -1.00. The number of aromatic nitrogens is 1. The van der Waals surface area contributed by atoms with Crippen molar-refractivity contribution in [3.8, 4) is 0 Å². The predicted molar refractivity (Wildman–Crippen MR) is 103 cm³/mol. The molecule has 150 valence electrons. The molecule has 0 aromatic carbocycles. The van der Waals surface area contributed by atoms with Crippen molar-refractivity contribution in [3.63, 3.8) is 0 Å². The fraction of sp³-hybridized carbons (Fsp3) is 0.684. The summed E-state index contributed by atoms with van der Waals surface area (Å²) < 4.78 is 0. The van der Waals surface area contributed by atoms with Gasteiger partial charge in [-0.25, -0.2) is 0 Å². The predicted octanol–water partition coefficient (Wildman–Crippen LogP) is 1.92. The molecular weight excluding hydrogens is 400 g/mol. The monoisotopic (exact) mass is 422 g/mol. The lowest BCUT2D eigenvalue weighted by Crippen LogP contribution is -2.49. The maximum Gasteiger partial charge on any atom is 0.305 e. The van der Waals surface area contributed by atoms with Crippen LogP contribution in [-0.4, -0.2) is 44.6 Å². The molecule has 2 amide bonds. The number of fused-ring (bicyclic) bond motifs is 9. The maximum absolute atomic E-state index is 13.1. The second-order valence-electron chi connectivity index (χ2n) is 8.64. The van der Waals surface area contributed by atoms with Crippen molar-refractivity contribution in [1.29, 1.82) is 0 Å². The van der Waals surface area contributed by atoms with Crippen molar-refractivity contribution < 1.29 is 19.5 Å². The SMILES string of the molecule is CC[C@]1(C)c2sc(=O)[nH]c2S[C@@H]2[C@H]3C[C@@H]([C@H]4C(=O)N(CCC(=O)O)C(=O)[C@H]34)[C@@H]21. The molecule has 0 unspecified atom stereocenters. The van der Waals surface area contributed by atoms with Gasteiger partial charge in [-0.05, 0) is 30.6 Å². The van der Waals surface area contributed by atoms with Crippen molar-refractivity contribution in [1.82, 2.24) is 9.88 Å². The van der Waals surface area contributed by atoms with E-state index in [4.69, 9.17) is 5.11 Å². The average Bonchev–Trinajstić information content (AvgIpc) is 3.36. The van der Waals surface area contributed by atoms with Crippen LogP contribution in [0.25, 0.3) is 0 Å². The van der Waals surface area contributed by atoms with Crippen LogP contribution in [0.15, 0.2) is 9.82 Å². The Morgan fingerprint density at radius 2 is 1.93 bits per heavy atom. The van der Waals surface area contributed by atoms with E-state index < -0.39 is 5.97 Å². The summed E-state index contributed by atoms with van der Waals surface area (Å²) in [5.74, 6) is -1.54. The lowest BCUT2D eigenvalue weighted by molar-refractivity contribution is -0.142. The Hall–Kier alpha value is -1.61. The first-order valence-corrected chi connectivity index (χ1v) is 11.4. The van der Waals surface area contributed by atoms with Gasteiger partial charge < -0.3 is 10.1 Å². The number of thiazole rings is 1. The number of aliphatic carboxylic acids is 1. The standard InChI is InChI=1S/C19H22N2O5S2/c1-3-19(2)12-7-6-8(13(12)27-15-14(19)28-18(26)20-15)11-10(7)16(24)21(17(11)25)5-4-9(22)23/h7-8,10-13H,3-6H2,1-2H3,(H,20,26)(H,22,23)/t7-,8-,10+,11+,12-,13+,19-/m0/s1. The minimum absolute atomic E-state index is 0.0341. The molecule has 2 saturated carbocycles. The van der Waals surface area contributed by atoms with Crippen molar-refractivity contribution in [2.45, 2.75) is 48.8 Å². The highest BCUT2D eigenvalue weighted by Gasteiger charge is 2.71. The highest BCUT2D eigenvalue weighted by atomic mass is 32.2. The number of hydrogen-bond donors (Lipinski definition) is 2. The molecule has 28 heavy (non-hydrogen) atoms. The zero-order valence-corrected chi connectivity index (χ0v) is 17.3. The van der Waals surface area contributed by atoms with Crippen molar-refractivity contribution in [2.75, 3.05) is 6.54 Å². The number of nitrogens with one attached hydrogen (secondary N) is 1. The van der Waals surface area contributed by atoms with Crippen LogP contribution < -0.4 is 4.87 Å². The van der Waals surface area contributed by atoms with Crippen LogP contribution >= 0.6 is 23.1 Å². The normalized spacial score (nSPS) is 40.6. The Kier molecular flexibility index (Phi) is 3.91. The number of rotatable bonds is 4. The van der Waals surface area contributed by atoms with E-state index in [1.54, 1.807) is 11.8 Å². The van der Waals surface area contributed by atoms with Crippen LogP contribution in [0.3, 0.4) is 0 Å². The smallest absolute Gasteiger partial charge is 0.305 e. The summed E-state index contributed by atoms with van der Waals surface area (Å²) in [5.41, 5.74) is -0.183. The molecule has 7 nitrogen and oxygen atoms in total. The molecule has 3 fully saturated rings. The fourth-order valence-corrected chi connectivity index (χ4v) is 9.58. The quantitative estimate of drug-likeness (QED) is 0.718. The number of carbonyl (C=O) groups excluding carboxylic acids is 2. The van der Waals surface area contributed by atoms with E-state index in [-0.39, 0.29) is 69.9 Å². The Labute approximate surface area is 169 Å². The lowest BCUT2D eigenvalue weighted by Gasteiger charge is -2.48. The van der Waals surface area contributed by atoms with Gasteiger partial charge in [0.05, 0.1) is 23.3 Å². The molecule has 2 aliphatic heterocycles. The molecule has 4 aliphatic rings. The van der Waals surface area contributed by atoms with Gasteiger partial charge in [-0.1, -0.05) is 25.2 Å². The molecule has 2 aliphatic carbocycles. The Morgan fingerprint density at radius 1 is 1.25 bits per heavy atom.